The minimum atomic E-state index is -0.868. The quantitative estimate of drug-likeness (QED) is 0.877. The largest absolute Gasteiger partial charge is 0.349 e. The van der Waals surface area contributed by atoms with Crippen molar-refractivity contribution in [3.63, 3.8) is 0 Å². The van der Waals surface area contributed by atoms with Crippen LogP contribution < -0.4 is 11.1 Å². The number of nitrogens with one attached hydrogen (secondary N) is 1. The topological polar surface area (TPSA) is 55.1 Å². The Morgan fingerprint density at radius 2 is 2.10 bits per heavy atom. The van der Waals surface area contributed by atoms with E-state index in [1.165, 1.54) is 6.07 Å². The molecule has 3 unspecified atom stereocenters. The number of nitrogens with two attached hydrogens (primary N) is 1. The van der Waals surface area contributed by atoms with Crippen molar-refractivity contribution in [2.24, 2.45) is 17.6 Å². The highest BCUT2D eigenvalue weighted by Gasteiger charge is 2.46. The molecule has 1 aliphatic carbocycles. The van der Waals surface area contributed by atoms with Crippen molar-refractivity contribution in [2.45, 2.75) is 38.6 Å². The van der Waals surface area contributed by atoms with E-state index in [1.807, 2.05) is 20.8 Å². The maximum atomic E-state index is 13.2. The number of hydrogen-bond acceptors (Lipinski definition) is 2. The van der Waals surface area contributed by atoms with Gasteiger partial charge >= 0.3 is 0 Å². The molecule has 0 bridgehead atoms. The highest BCUT2D eigenvalue weighted by Crippen LogP contribution is 2.48. The lowest BCUT2D eigenvalue weighted by molar-refractivity contribution is -0.124. The zero-order valence-electron chi connectivity index (χ0n) is 12.6. The van der Waals surface area contributed by atoms with E-state index in [4.69, 9.17) is 5.73 Å². The Balaban J connectivity index is 2.02. The predicted octanol–water partition coefficient (Wildman–Crippen LogP) is 2.56. The van der Waals surface area contributed by atoms with Gasteiger partial charge in [-0.05, 0) is 42.9 Å². The van der Waals surface area contributed by atoms with Gasteiger partial charge in [0.25, 0.3) is 0 Å². The molecule has 0 aliphatic heterocycles. The van der Waals surface area contributed by atoms with Gasteiger partial charge in [0.05, 0.1) is 5.54 Å². The van der Waals surface area contributed by atoms with Crippen LogP contribution in [-0.4, -0.2) is 18.0 Å². The minimum absolute atomic E-state index is 0.0331. The third kappa shape index (κ3) is 3.23. The molecule has 1 aromatic carbocycles. The van der Waals surface area contributed by atoms with Crippen LogP contribution in [-0.2, 0) is 4.79 Å². The Labute approximate surface area is 123 Å². The summed E-state index contributed by atoms with van der Waals surface area (Å²) in [5, 5.41) is 3.00. The van der Waals surface area contributed by atoms with Crippen LogP contribution in [0.3, 0.4) is 0 Å². The molecule has 21 heavy (non-hydrogen) atoms. The van der Waals surface area contributed by atoms with Gasteiger partial charge in [-0.1, -0.05) is 19.9 Å². The maximum Gasteiger partial charge on any atom is 0.224 e. The predicted molar refractivity (Wildman–Crippen MR) is 77.6 cm³/mol. The Bertz CT molecular complexity index is 547. The number of rotatable bonds is 5. The second-order valence-corrected chi connectivity index (χ2v) is 6.39. The molecular weight excluding hydrogens is 274 g/mol. The second-order valence-electron chi connectivity index (χ2n) is 6.39. The Kier molecular flexibility index (Phi) is 4.33. The molecule has 1 amide bonds. The number of carbonyl (C=O) groups is 1. The molecule has 1 saturated carbocycles. The fraction of sp³-hybridized carbons (Fsp3) is 0.562. The molecule has 0 radical (unpaired) electrons. The average molecular weight is 296 g/mol. The summed E-state index contributed by atoms with van der Waals surface area (Å²) in [4.78, 5) is 12.3. The van der Waals surface area contributed by atoms with Crippen molar-refractivity contribution in [1.82, 2.24) is 5.32 Å². The molecule has 116 valence electrons. The summed E-state index contributed by atoms with van der Waals surface area (Å²) < 4.78 is 26.2. The van der Waals surface area contributed by atoms with E-state index in [2.05, 4.69) is 5.32 Å². The third-order valence-corrected chi connectivity index (χ3v) is 4.61. The van der Waals surface area contributed by atoms with E-state index in [0.717, 1.165) is 6.07 Å². The summed E-state index contributed by atoms with van der Waals surface area (Å²) in [7, 11) is 0. The first-order chi connectivity index (χ1) is 9.78. The van der Waals surface area contributed by atoms with Crippen molar-refractivity contribution in [3.05, 3.63) is 35.4 Å². The van der Waals surface area contributed by atoms with Crippen LogP contribution in [0.5, 0.6) is 0 Å². The lowest BCUT2D eigenvalue weighted by Gasteiger charge is -2.33. The Morgan fingerprint density at radius 3 is 2.62 bits per heavy atom. The molecule has 0 aromatic heterocycles. The maximum absolute atomic E-state index is 13.2. The first-order valence-corrected chi connectivity index (χ1v) is 7.25. The van der Waals surface area contributed by atoms with E-state index < -0.39 is 17.2 Å². The van der Waals surface area contributed by atoms with Crippen molar-refractivity contribution in [1.29, 1.82) is 0 Å². The number of carbonyl (C=O) groups excluding carboxylic acids is 1. The first kappa shape index (κ1) is 15.9. The Hall–Kier alpha value is -1.49. The SMILES string of the molecule is CC(C)C(C)(CN)NC(=O)C1CC1c1ccc(F)c(F)c1. The minimum Gasteiger partial charge on any atom is -0.349 e. The molecular formula is C16H22F2N2O. The molecule has 1 aliphatic rings. The van der Waals surface area contributed by atoms with Crippen LogP contribution in [0, 0.1) is 23.5 Å². The summed E-state index contributed by atoms with van der Waals surface area (Å²) >= 11 is 0. The summed E-state index contributed by atoms with van der Waals surface area (Å²) in [5.41, 5.74) is 5.98. The van der Waals surface area contributed by atoms with Gasteiger partial charge in [0.2, 0.25) is 5.91 Å². The highest BCUT2D eigenvalue weighted by atomic mass is 19.2. The zero-order chi connectivity index (χ0) is 15.8. The van der Waals surface area contributed by atoms with Crippen LogP contribution in [0.15, 0.2) is 18.2 Å². The van der Waals surface area contributed by atoms with Crippen molar-refractivity contribution < 1.29 is 13.6 Å². The molecule has 3 N–H and O–H groups in total. The van der Waals surface area contributed by atoms with Gasteiger partial charge in [-0.15, -0.1) is 0 Å². The first-order valence-electron chi connectivity index (χ1n) is 7.25. The number of hydrogen-bond donors (Lipinski definition) is 2. The van der Waals surface area contributed by atoms with Gasteiger partial charge in [0.15, 0.2) is 11.6 Å². The molecule has 3 nitrogen and oxygen atoms in total. The fourth-order valence-corrected chi connectivity index (χ4v) is 2.40. The molecule has 0 saturated heterocycles. The van der Waals surface area contributed by atoms with Gasteiger partial charge in [0, 0.05) is 12.5 Å². The van der Waals surface area contributed by atoms with Crippen molar-refractivity contribution in [3.8, 4) is 0 Å². The summed E-state index contributed by atoms with van der Waals surface area (Å²) in [6.45, 7) is 6.29. The van der Waals surface area contributed by atoms with Gasteiger partial charge in [-0.25, -0.2) is 8.78 Å². The van der Waals surface area contributed by atoms with Crippen molar-refractivity contribution >= 4 is 5.91 Å². The number of halogens is 2. The van der Waals surface area contributed by atoms with Crippen LogP contribution in [0.1, 0.15) is 38.7 Å². The summed E-state index contributed by atoms with van der Waals surface area (Å²) in [5.74, 6) is -1.80. The van der Waals surface area contributed by atoms with Gasteiger partial charge in [-0.3, -0.25) is 4.79 Å². The monoisotopic (exact) mass is 296 g/mol. The fourth-order valence-electron chi connectivity index (χ4n) is 2.40. The molecule has 3 atom stereocenters. The summed E-state index contributed by atoms with van der Waals surface area (Å²) in [6, 6.07) is 3.83. The highest BCUT2D eigenvalue weighted by molar-refractivity contribution is 5.83. The summed E-state index contributed by atoms with van der Waals surface area (Å²) in [6.07, 6.45) is 0.662. The smallest absolute Gasteiger partial charge is 0.224 e. The zero-order valence-corrected chi connectivity index (χ0v) is 12.6. The van der Waals surface area contributed by atoms with Gasteiger partial charge in [0.1, 0.15) is 0 Å². The molecule has 0 spiro atoms. The molecule has 1 fully saturated rings. The standard InChI is InChI=1S/C16H22F2N2O/c1-9(2)16(3,8-19)20-15(21)12-7-11(12)10-4-5-13(17)14(18)6-10/h4-6,9,11-12H,7-8,19H2,1-3H3,(H,20,21). The van der Waals surface area contributed by atoms with Crippen molar-refractivity contribution in [2.75, 3.05) is 6.54 Å². The van der Waals surface area contributed by atoms with Crippen LogP contribution in [0.25, 0.3) is 0 Å². The van der Waals surface area contributed by atoms with Crippen LogP contribution >= 0.6 is 0 Å². The third-order valence-electron chi connectivity index (χ3n) is 4.61. The van der Waals surface area contributed by atoms with E-state index in [0.29, 0.717) is 18.5 Å². The van der Waals surface area contributed by atoms with E-state index in [1.54, 1.807) is 6.07 Å². The van der Waals surface area contributed by atoms with Crippen LogP contribution in [0.2, 0.25) is 0 Å². The molecule has 0 heterocycles. The van der Waals surface area contributed by atoms with E-state index in [9.17, 15) is 13.6 Å². The normalized spacial score (nSPS) is 23.8. The van der Waals surface area contributed by atoms with E-state index in [-0.39, 0.29) is 23.7 Å². The van der Waals surface area contributed by atoms with E-state index >= 15 is 0 Å². The second kappa shape index (κ2) is 5.72. The number of amides is 1. The van der Waals surface area contributed by atoms with Gasteiger partial charge < -0.3 is 11.1 Å². The molecule has 2 rings (SSSR count). The van der Waals surface area contributed by atoms with Crippen LogP contribution in [0.4, 0.5) is 8.78 Å². The average Bonchev–Trinajstić information content (AvgIpc) is 3.22. The molecule has 5 heteroatoms. The lowest BCUT2D eigenvalue weighted by Crippen LogP contribution is -2.55. The lowest BCUT2D eigenvalue weighted by atomic mass is 9.88. The molecule has 1 aromatic rings. The number of benzene rings is 1. The van der Waals surface area contributed by atoms with Gasteiger partial charge in [-0.2, -0.15) is 0 Å². The Morgan fingerprint density at radius 1 is 1.43 bits per heavy atom.